The lowest BCUT2D eigenvalue weighted by Gasteiger charge is -2.47. The van der Waals surface area contributed by atoms with Crippen LogP contribution in [0.15, 0.2) is 17.6 Å². The van der Waals surface area contributed by atoms with Crippen LogP contribution in [0.4, 0.5) is 0 Å². The van der Waals surface area contributed by atoms with Gasteiger partial charge in [0.1, 0.15) is 0 Å². The van der Waals surface area contributed by atoms with Crippen molar-refractivity contribution in [2.24, 2.45) is 10.9 Å². The van der Waals surface area contributed by atoms with E-state index in [0.717, 1.165) is 25.2 Å². The summed E-state index contributed by atoms with van der Waals surface area (Å²) in [5.74, 6) is 1.55. The second-order valence-electron chi connectivity index (χ2n) is 7.84. The van der Waals surface area contributed by atoms with Gasteiger partial charge >= 0.3 is 0 Å². The molecule has 3 fully saturated rings. The minimum atomic E-state index is -2.84. The van der Waals surface area contributed by atoms with E-state index in [1.807, 2.05) is 6.08 Å². The fraction of sp³-hybridized carbons (Fsp3) is 0.833. The van der Waals surface area contributed by atoms with E-state index in [-0.39, 0.29) is 35.6 Å². The summed E-state index contributed by atoms with van der Waals surface area (Å²) >= 11 is 0. The van der Waals surface area contributed by atoms with Crippen molar-refractivity contribution < 1.29 is 8.42 Å². The van der Waals surface area contributed by atoms with Gasteiger partial charge in [0.25, 0.3) is 0 Å². The van der Waals surface area contributed by atoms with E-state index >= 15 is 0 Å². The number of nitrogens with one attached hydrogen (secondary N) is 2. The van der Waals surface area contributed by atoms with Crippen molar-refractivity contribution in [1.82, 2.24) is 15.5 Å². The largest absolute Gasteiger partial charge is 0.354 e. The van der Waals surface area contributed by atoms with E-state index in [2.05, 4.69) is 34.2 Å². The molecular formula is C18H33IN4O2S. The highest BCUT2D eigenvalue weighted by Crippen LogP contribution is 2.32. The van der Waals surface area contributed by atoms with Gasteiger partial charge in [-0.25, -0.2) is 8.42 Å². The van der Waals surface area contributed by atoms with E-state index in [1.165, 1.54) is 19.3 Å². The molecule has 0 spiro atoms. The number of piperidine rings is 2. The summed E-state index contributed by atoms with van der Waals surface area (Å²) < 4.78 is 23.2. The molecule has 6 nitrogen and oxygen atoms in total. The van der Waals surface area contributed by atoms with Crippen molar-refractivity contribution in [3.8, 4) is 0 Å². The number of hydrogen-bond acceptors (Lipinski definition) is 4. The van der Waals surface area contributed by atoms with Crippen LogP contribution >= 0.6 is 24.0 Å². The third kappa shape index (κ3) is 5.82. The maximum Gasteiger partial charge on any atom is 0.191 e. The number of guanidine groups is 1. The molecule has 0 amide bonds. The normalized spacial score (nSPS) is 34.0. The second-order valence-corrected chi connectivity index (χ2v) is 10.1. The van der Waals surface area contributed by atoms with Gasteiger partial charge in [0.05, 0.1) is 11.5 Å². The van der Waals surface area contributed by atoms with Gasteiger partial charge in [0, 0.05) is 31.2 Å². The highest BCUT2D eigenvalue weighted by Gasteiger charge is 2.36. The maximum absolute atomic E-state index is 11.6. The summed E-state index contributed by atoms with van der Waals surface area (Å²) in [6.07, 6.45) is 8.78. The lowest BCUT2D eigenvalue weighted by molar-refractivity contribution is 0.0526. The summed E-state index contributed by atoms with van der Waals surface area (Å²) in [6.45, 7) is 5.00. The number of halogens is 1. The topological polar surface area (TPSA) is 73.8 Å². The monoisotopic (exact) mass is 496 g/mol. The molecule has 0 aromatic heterocycles. The Kier molecular flexibility index (Phi) is 8.21. The van der Waals surface area contributed by atoms with Crippen LogP contribution in [0.25, 0.3) is 0 Å². The number of nitrogens with zero attached hydrogens (tertiary/aromatic N) is 2. The Morgan fingerprint density at radius 1 is 1.27 bits per heavy atom. The Morgan fingerprint density at radius 2 is 1.96 bits per heavy atom. The van der Waals surface area contributed by atoms with Crippen LogP contribution in [0.5, 0.6) is 0 Å². The van der Waals surface area contributed by atoms with E-state index in [1.54, 1.807) is 0 Å². The highest BCUT2D eigenvalue weighted by molar-refractivity contribution is 14.0. The Balaban J connectivity index is 0.00000243. The standard InChI is InChI=1S/C18H32N4O2S.HI/c1-3-8-19-18(20-12-14-7-9-25(23,24)13-14)21-15-10-16-5-4-6-17(11-15)22(16)2;/h3,14-17H,1,4-13H2,2H3,(H2,19,20,21);1H. The molecule has 3 aliphatic heterocycles. The first kappa shape index (κ1) is 21.9. The van der Waals surface area contributed by atoms with Crippen molar-refractivity contribution in [2.75, 3.05) is 31.6 Å². The fourth-order valence-electron chi connectivity index (χ4n) is 4.48. The average molecular weight is 496 g/mol. The van der Waals surface area contributed by atoms with Gasteiger partial charge in [-0.2, -0.15) is 0 Å². The predicted octanol–water partition coefficient (Wildman–Crippen LogP) is 1.78. The molecule has 3 unspecified atom stereocenters. The lowest BCUT2D eigenvalue weighted by atomic mass is 9.82. The lowest BCUT2D eigenvalue weighted by Crippen LogP contribution is -2.56. The zero-order chi connectivity index (χ0) is 17.9. The van der Waals surface area contributed by atoms with E-state index in [4.69, 9.17) is 0 Å². The summed E-state index contributed by atoms with van der Waals surface area (Å²) in [6, 6.07) is 1.78. The molecule has 0 saturated carbocycles. The van der Waals surface area contributed by atoms with Crippen LogP contribution in [0, 0.1) is 5.92 Å². The summed E-state index contributed by atoms with van der Waals surface area (Å²) in [5.41, 5.74) is 0. The van der Waals surface area contributed by atoms with E-state index in [0.29, 0.717) is 37.0 Å². The maximum atomic E-state index is 11.6. The summed E-state index contributed by atoms with van der Waals surface area (Å²) in [5, 5.41) is 6.90. The minimum absolute atomic E-state index is 0. The van der Waals surface area contributed by atoms with Gasteiger partial charge in [-0.05, 0) is 45.1 Å². The molecule has 3 saturated heterocycles. The third-order valence-corrected chi connectivity index (χ3v) is 7.77. The van der Waals surface area contributed by atoms with Crippen LogP contribution in [0.1, 0.15) is 38.5 Å². The van der Waals surface area contributed by atoms with Crippen LogP contribution in [0.3, 0.4) is 0 Å². The molecule has 2 bridgehead atoms. The molecule has 0 aromatic rings. The Labute approximate surface area is 175 Å². The SMILES string of the molecule is C=CCNC(=NCC1CCS(=O)(=O)C1)NC1CC2CCCC(C1)N2C.I. The van der Waals surface area contributed by atoms with Crippen LogP contribution in [-0.2, 0) is 9.84 Å². The van der Waals surface area contributed by atoms with Crippen LogP contribution < -0.4 is 10.6 Å². The minimum Gasteiger partial charge on any atom is -0.354 e. The third-order valence-electron chi connectivity index (χ3n) is 5.93. The molecule has 3 aliphatic rings. The smallest absolute Gasteiger partial charge is 0.191 e. The molecule has 3 heterocycles. The van der Waals surface area contributed by atoms with Gasteiger partial charge in [0.2, 0.25) is 0 Å². The molecule has 3 atom stereocenters. The van der Waals surface area contributed by atoms with Crippen molar-refractivity contribution in [2.45, 2.75) is 56.7 Å². The van der Waals surface area contributed by atoms with Crippen LogP contribution in [-0.4, -0.2) is 69.0 Å². The summed E-state index contributed by atoms with van der Waals surface area (Å²) in [4.78, 5) is 7.24. The van der Waals surface area contributed by atoms with Gasteiger partial charge in [0.15, 0.2) is 15.8 Å². The first-order chi connectivity index (χ1) is 12.0. The quantitative estimate of drug-likeness (QED) is 0.263. The molecular weight excluding hydrogens is 463 g/mol. The van der Waals surface area contributed by atoms with Gasteiger partial charge in [-0.3, -0.25) is 4.99 Å². The predicted molar refractivity (Wildman–Crippen MR) is 118 cm³/mol. The zero-order valence-electron chi connectivity index (χ0n) is 15.7. The molecule has 2 N–H and O–H groups in total. The van der Waals surface area contributed by atoms with E-state index < -0.39 is 9.84 Å². The number of aliphatic imine (C=N–C) groups is 1. The van der Waals surface area contributed by atoms with Gasteiger partial charge in [-0.1, -0.05) is 12.5 Å². The van der Waals surface area contributed by atoms with Gasteiger partial charge in [-0.15, -0.1) is 30.6 Å². The Hall–Kier alpha value is -0.350. The van der Waals surface area contributed by atoms with Crippen molar-refractivity contribution in [3.63, 3.8) is 0 Å². The molecule has 0 aliphatic carbocycles. The first-order valence-electron chi connectivity index (χ1n) is 9.55. The number of rotatable bonds is 5. The first-order valence-corrected chi connectivity index (χ1v) is 11.4. The second kappa shape index (κ2) is 9.73. The van der Waals surface area contributed by atoms with Crippen LogP contribution in [0.2, 0.25) is 0 Å². The molecule has 8 heteroatoms. The average Bonchev–Trinajstić information content (AvgIpc) is 2.90. The zero-order valence-corrected chi connectivity index (χ0v) is 18.8. The van der Waals surface area contributed by atoms with Crippen molar-refractivity contribution >= 4 is 39.8 Å². The molecule has 26 heavy (non-hydrogen) atoms. The highest BCUT2D eigenvalue weighted by atomic mass is 127. The Morgan fingerprint density at radius 3 is 2.54 bits per heavy atom. The fourth-order valence-corrected chi connectivity index (χ4v) is 6.33. The van der Waals surface area contributed by atoms with Gasteiger partial charge < -0.3 is 15.5 Å². The number of fused-ring (bicyclic) bond motifs is 2. The molecule has 150 valence electrons. The molecule has 0 radical (unpaired) electrons. The molecule has 3 rings (SSSR count). The number of sulfone groups is 1. The molecule has 0 aromatic carbocycles. The van der Waals surface area contributed by atoms with E-state index in [9.17, 15) is 8.42 Å². The Bertz CT molecular complexity index is 596. The van der Waals surface area contributed by atoms with Crippen molar-refractivity contribution in [1.29, 1.82) is 0 Å². The number of hydrogen-bond donors (Lipinski definition) is 2. The summed E-state index contributed by atoms with van der Waals surface area (Å²) in [7, 11) is -0.576. The van der Waals surface area contributed by atoms with Crippen molar-refractivity contribution in [3.05, 3.63) is 12.7 Å².